The zero-order valence-corrected chi connectivity index (χ0v) is 11.7. The summed E-state index contributed by atoms with van der Waals surface area (Å²) in [4.78, 5) is 11.6. The quantitative estimate of drug-likeness (QED) is 0.904. The second-order valence-electron chi connectivity index (χ2n) is 4.90. The number of anilines is 1. The van der Waals surface area contributed by atoms with Crippen molar-refractivity contribution in [2.24, 2.45) is 0 Å². The molecule has 1 atom stereocenters. The van der Waals surface area contributed by atoms with Crippen LogP contribution in [0.4, 0.5) is 5.82 Å². The van der Waals surface area contributed by atoms with Gasteiger partial charge in [-0.15, -0.1) is 11.3 Å². The van der Waals surface area contributed by atoms with Crippen molar-refractivity contribution in [1.29, 1.82) is 0 Å². The molecule has 3 heterocycles. The molecule has 0 saturated carbocycles. The fourth-order valence-corrected chi connectivity index (χ4v) is 3.30. The van der Waals surface area contributed by atoms with Crippen LogP contribution < -0.4 is 5.32 Å². The lowest BCUT2D eigenvalue weighted by Gasteiger charge is -2.21. The number of hydrogen-bond acceptors (Lipinski definition) is 5. The van der Waals surface area contributed by atoms with Crippen molar-refractivity contribution in [3.63, 3.8) is 0 Å². The van der Waals surface area contributed by atoms with Gasteiger partial charge in [-0.3, -0.25) is 0 Å². The number of aryl methyl sites for hydroxylation is 1. The molecule has 18 heavy (non-hydrogen) atoms. The van der Waals surface area contributed by atoms with Gasteiger partial charge in [0.1, 0.15) is 16.2 Å². The Hall–Kier alpha value is -1.20. The maximum atomic E-state index is 5.83. The molecule has 0 aliphatic carbocycles. The van der Waals surface area contributed by atoms with Crippen molar-refractivity contribution in [2.45, 2.75) is 32.3 Å². The Balaban J connectivity index is 2.18. The number of ether oxygens (including phenoxy) is 1. The van der Waals surface area contributed by atoms with Crippen LogP contribution in [0.15, 0.2) is 6.07 Å². The molecule has 0 bridgehead atoms. The second kappa shape index (κ2) is 4.17. The number of nitrogens with zero attached hydrogens (tertiary/aromatic N) is 2. The molecule has 3 rings (SSSR count). The third-order valence-corrected chi connectivity index (χ3v) is 4.39. The van der Waals surface area contributed by atoms with E-state index in [1.165, 1.54) is 4.88 Å². The van der Waals surface area contributed by atoms with E-state index in [4.69, 9.17) is 9.72 Å². The first kappa shape index (κ1) is 11.9. The molecule has 96 valence electrons. The highest BCUT2D eigenvalue weighted by Gasteiger charge is 2.35. The lowest BCUT2D eigenvalue weighted by atomic mass is 10.0. The zero-order chi connectivity index (χ0) is 12.8. The zero-order valence-electron chi connectivity index (χ0n) is 10.9. The van der Waals surface area contributed by atoms with Crippen molar-refractivity contribution >= 4 is 27.4 Å². The molecule has 1 aliphatic rings. The minimum atomic E-state index is -0.322. The largest absolute Gasteiger partial charge is 0.372 e. The van der Waals surface area contributed by atoms with Gasteiger partial charge in [0.2, 0.25) is 0 Å². The number of thiophene rings is 1. The second-order valence-corrected chi connectivity index (χ2v) is 6.14. The molecule has 5 heteroatoms. The molecule has 1 aliphatic heterocycles. The summed E-state index contributed by atoms with van der Waals surface area (Å²) < 4.78 is 5.83. The van der Waals surface area contributed by atoms with Gasteiger partial charge in [0.15, 0.2) is 5.82 Å². The molecule has 0 amide bonds. The Labute approximate surface area is 110 Å². The van der Waals surface area contributed by atoms with Gasteiger partial charge in [-0.25, -0.2) is 9.97 Å². The summed E-state index contributed by atoms with van der Waals surface area (Å²) in [6.07, 6.45) is 2.07. The van der Waals surface area contributed by atoms with Crippen LogP contribution in [-0.2, 0) is 10.3 Å². The third kappa shape index (κ3) is 1.78. The van der Waals surface area contributed by atoms with E-state index in [9.17, 15) is 0 Å². The lowest BCUT2D eigenvalue weighted by molar-refractivity contribution is 0.00977. The van der Waals surface area contributed by atoms with E-state index in [2.05, 4.69) is 30.2 Å². The topological polar surface area (TPSA) is 47.0 Å². The van der Waals surface area contributed by atoms with Crippen LogP contribution >= 0.6 is 11.3 Å². The van der Waals surface area contributed by atoms with E-state index in [1.807, 2.05) is 7.05 Å². The predicted octanol–water partition coefficient (Wildman–Crippen LogP) is 3.07. The van der Waals surface area contributed by atoms with Crippen LogP contribution in [0.1, 0.15) is 30.5 Å². The van der Waals surface area contributed by atoms with Gasteiger partial charge in [-0.2, -0.15) is 0 Å². The van der Waals surface area contributed by atoms with Crippen LogP contribution in [0.2, 0.25) is 0 Å². The molecule has 0 spiro atoms. The van der Waals surface area contributed by atoms with Gasteiger partial charge in [-0.1, -0.05) is 0 Å². The van der Waals surface area contributed by atoms with Crippen molar-refractivity contribution in [3.8, 4) is 0 Å². The lowest BCUT2D eigenvalue weighted by Crippen LogP contribution is -2.23. The van der Waals surface area contributed by atoms with Gasteiger partial charge < -0.3 is 10.1 Å². The molecule has 1 fully saturated rings. The maximum Gasteiger partial charge on any atom is 0.163 e. The summed E-state index contributed by atoms with van der Waals surface area (Å²) in [5.74, 6) is 1.70. The normalized spacial score (nSPS) is 23.7. The van der Waals surface area contributed by atoms with Crippen LogP contribution in [0.25, 0.3) is 10.2 Å². The molecule has 0 aromatic carbocycles. The maximum absolute atomic E-state index is 5.83. The fraction of sp³-hybridized carbons (Fsp3) is 0.538. The predicted molar refractivity (Wildman–Crippen MR) is 74.2 cm³/mol. The number of nitrogens with one attached hydrogen (secondary N) is 1. The van der Waals surface area contributed by atoms with Crippen molar-refractivity contribution in [2.75, 3.05) is 19.0 Å². The number of hydrogen-bond donors (Lipinski definition) is 1. The van der Waals surface area contributed by atoms with Gasteiger partial charge in [0, 0.05) is 18.5 Å². The molecule has 0 radical (unpaired) electrons. The first-order valence-corrected chi connectivity index (χ1v) is 7.04. The van der Waals surface area contributed by atoms with Crippen LogP contribution in [0, 0.1) is 6.92 Å². The Bertz CT molecular complexity index is 587. The highest BCUT2D eigenvalue weighted by Crippen LogP contribution is 2.36. The summed E-state index contributed by atoms with van der Waals surface area (Å²) in [6.45, 7) is 4.98. The highest BCUT2D eigenvalue weighted by atomic mass is 32.1. The molecular formula is C13H17N3OS. The summed E-state index contributed by atoms with van der Waals surface area (Å²) in [6, 6.07) is 2.13. The van der Waals surface area contributed by atoms with E-state index < -0.39 is 0 Å². The average molecular weight is 263 g/mol. The molecule has 2 aromatic heterocycles. The van der Waals surface area contributed by atoms with E-state index in [0.29, 0.717) is 0 Å². The minimum Gasteiger partial charge on any atom is -0.372 e. The smallest absolute Gasteiger partial charge is 0.163 e. The molecule has 2 aromatic rings. The fourth-order valence-electron chi connectivity index (χ4n) is 2.42. The Morgan fingerprint density at radius 1 is 1.44 bits per heavy atom. The Kier molecular flexibility index (Phi) is 2.75. The van der Waals surface area contributed by atoms with Gasteiger partial charge in [-0.05, 0) is 32.8 Å². The molecule has 1 N–H and O–H groups in total. The molecule has 1 saturated heterocycles. The van der Waals surface area contributed by atoms with Gasteiger partial charge in [0.05, 0.1) is 5.39 Å². The van der Waals surface area contributed by atoms with E-state index in [1.54, 1.807) is 11.3 Å². The van der Waals surface area contributed by atoms with Crippen molar-refractivity contribution in [1.82, 2.24) is 9.97 Å². The van der Waals surface area contributed by atoms with Crippen molar-refractivity contribution < 1.29 is 4.74 Å². The van der Waals surface area contributed by atoms with E-state index in [-0.39, 0.29) is 5.60 Å². The minimum absolute atomic E-state index is 0.322. The molecular weight excluding hydrogens is 246 g/mol. The summed E-state index contributed by atoms with van der Waals surface area (Å²) in [5.41, 5.74) is -0.322. The van der Waals surface area contributed by atoms with Gasteiger partial charge in [0.25, 0.3) is 0 Å². The SMILES string of the molecule is CNc1nc(C2(C)CCCO2)nc2sc(C)cc12. The average Bonchev–Trinajstić information content (AvgIpc) is 2.93. The Morgan fingerprint density at radius 3 is 2.94 bits per heavy atom. The first-order chi connectivity index (χ1) is 8.62. The summed E-state index contributed by atoms with van der Waals surface area (Å²) in [5, 5.41) is 4.27. The number of rotatable bonds is 2. The Morgan fingerprint density at radius 2 is 2.28 bits per heavy atom. The summed E-state index contributed by atoms with van der Waals surface area (Å²) in [7, 11) is 1.90. The number of aromatic nitrogens is 2. The molecule has 4 nitrogen and oxygen atoms in total. The monoisotopic (exact) mass is 263 g/mol. The van der Waals surface area contributed by atoms with Crippen molar-refractivity contribution in [3.05, 3.63) is 16.8 Å². The molecule has 1 unspecified atom stereocenters. The highest BCUT2D eigenvalue weighted by molar-refractivity contribution is 7.18. The van der Waals surface area contributed by atoms with Crippen LogP contribution in [0.5, 0.6) is 0 Å². The third-order valence-electron chi connectivity index (χ3n) is 3.44. The van der Waals surface area contributed by atoms with Crippen LogP contribution in [0.3, 0.4) is 0 Å². The van der Waals surface area contributed by atoms with Gasteiger partial charge >= 0.3 is 0 Å². The first-order valence-electron chi connectivity index (χ1n) is 6.23. The standard InChI is InChI=1S/C13H17N3OS/c1-8-7-9-10(14-3)15-12(16-11(9)18-8)13(2)5-4-6-17-13/h7H,4-6H2,1-3H3,(H,14,15,16). The summed E-state index contributed by atoms with van der Waals surface area (Å²) >= 11 is 1.71. The van der Waals surface area contributed by atoms with E-state index in [0.717, 1.165) is 41.3 Å². The van der Waals surface area contributed by atoms with Crippen LogP contribution in [-0.4, -0.2) is 23.6 Å². The van der Waals surface area contributed by atoms with E-state index >= 15 is 0 Å². The number of fused-ring (bicyclic) bond motifs is 1.